The van der Waals surface area contributed by atoms with E-state index in [-0.39, 0.29) is 17.5 Å². The third-order valence-corrected chi connectivity index (χ3v) is 6.64. The standard InChI is InChI=1S/C28H25ClN6O2/c1-2-8-24-26(29)35(25(36)17-19-9-4-3-5-10-19)28(37)34(24)18-20-13-15-21(16-14-20)22-11-6-7-12-23(22)27-30-32-33-31-27/h3-7,9-16H,2,8,17-18H2,1H3,(H,30,31,32,33). The smallest absolute Gasteiger partial charge is 0.290 e. The molecule has 3 aromatic carbocycles. The third-order valence-electron chi connectivity index (χ3n) is 6.25. The molecule has 0 aliphatic heterocycles. The summed E-state index contributed by atoms with van der Waals surface area (Å²) in [6.07, 6.45) is 1.49. The Hall–Kier alpha value is -4.30. The van der Waals surface area contributed by atoms with Gasteiger partial charge in [0.2, 0.25) is 5.91 Å². The van der Waals surface area contributed by atoms with E-state index in [2.05, 4.69) is 20.6 Å². The lowest BCUT2D eigenvalue weighted by Gasteiger charge is -2.10. The number of imidazole rings is 1. The number of halogens is 1. The molecule has 0 aliphatic carbocycles. The highest BCUT2D eigenvalue weighted by atomic mass is 35.5. The van der Waals surface area contributed by atoms with Crippen molar-refractivity contribution in [2.24, 2.45) is 0 Å². The van der Waals surface area contributed by atoms with Crippen LogP contribution in [0.1, 0.15) is 35.0 Å². The maximum Gasteiger partial charge on any atom is 0.336 e. The summed E-state index contributed by atoms with van der Waals surface area (Å²) in [5.74, 6) is 0.248. The molecule has 2 aromatic heterocycles. The molecule has 0 saturated carbocycles. The number of aromatic nitrogens is 6. The fraction of sp³-hybridized carbons (Fsp3) is 0.179. The van der Waals surface area contributed by atoms with Crippen LogP contribution in [0.3, 0.4) is 0 Å². The molecule has 0 atom stereocenters. The van der Waals surface area contributed by atoms with Crippen LogP contribution in [0.15, 0.2) is 83.7 Å². The van der Waals surface area contributed by atoms with E-state index in [9.17, 15) is 9.59 Å². The molecule has 0 aliphatic rings. The van der Waals surface area contributed by atoms with Crippen LogP contribution in [0, 0.1) is 0 Å². The van der Waals surface area contributed by atoms with Crippen molar-refractivity contribution in [3.05, 3.63) is 111 Å². The van der Waals surface area contributed by atoms with Gasteiger partial charge in [0, 0.05) is 5.56 Å². The highest BCUT2D eigenvalue weighted by Crippen LogP contribution is 2.30. The lowest BCUT2D eigenvalue weighted by molar-refractivity contribution is 0.0909. The van der Waals surface area contributed by atoms with Crippen LogP contribution < -0.4 is 5.69 Å². The second-order valence-corrected chi connectivity index (χ2v) is 9.10. The van der Waals surface area contributed by atoms with Crippen molar-refractivity contribution in [1.29, 1.82) is 0 Å². The van der Waals surface area contributed by atoms with Crippen molar-refractivity contribution < 1.29 is 4.79 Å². The van der Waals surface area contributed by atoms with Crippen molar-refractivity contribution in [3.63, 3.8) is 0 Å². The highest BCUT2D eigenvalue weighted by Gasteiger charge is 2.23. The molecular weight excluding hydrogens is 488 g/mol. The molecule has 0 amide bonds. The first kappa shape index (κ1) is 24.4. The van der Waals surface area contributed by atoms with E-state index in [0.29, 0.717) is 24.5 Å². The zero-order valence-corrected chi connectivity index (χ0v) is 21.0. The summed E-state index contributed by atoms with van der Waals surface area (Å²) in [6, 6.07) is 25.2. The zero-order chi connectivity index (χ0) is 25.8. The maximum absolute atomic E-state index is 13.4. The quantitative estimate of drug-likeness (QED) is 0.314. The molecule has 0 fully saturated rings. The van der Waals surface area contributed by atoms with Crippen LogP contribution in [0.4, 0.5) is 0 Å². The van der Waals surface area contributed by atoms with Gasteiger partial charge in [-0.1, -0.05) is 104 Å². The summed E-state index contributed by atoms with van der Waals surface area (Å²) >= 11 is 6.61. The molecule has 2 heterocycles. The minimum Gasteiger partial charge on any atom is -0.290 e. The summed E-state index contributed by atoms with van der Waals surface area (Å²) in [7, 11) is 0. The normalized spacial score (nSPS) is 11.1. The topological polar surface area (TPSA) is 98.5 Å². The van der Waals surface area contributed by atoms with Gasteiger partial charge in [-0.25, -0.2) is 14.5 Å². The Kier molecular flexibility index (Phi) is 7.09. The number of hydrogen-bond donors (Lipinski definition) is 1. The average molecular weight is 513 g/mol. The van der Waals surface area contributed by atoms with E-state index in [1.807, 2.05) is 85.8 Å². The monoisotopic (exact) mass is 512 g/mol. The van der Waals surface area contributed by atoms with Crippen molar-refractivity contribution in [2.75, 3.05) is 0 Å². The van der Waals surface area contributed by atoms with E-state index in [0.717, 1.165) is 38.8 Å². The maximum atomic E-state index is 13.4. The number of rotatable bonds is 8. The number of tetrazole rings is 1. The summed E-state index contributed by atoms with van der Waals surface area (Å²) in [6.45, 7) is 2.33. The molecule has 5 rings (SSSR count). The number of carbonyl (C=O) groups excluding carboxylic acids is 1. The first-order valence-corrected chi connectivity index (χ1v) is 12.4. The van der Waals surface area contributed by atoms with E-state index >= 15 is 0 Å². The lowest BCUT2D eigenvalue weighted by atomic mass is 9.98. The first-order chi connectivity index (χ1) is 18.1. The predicted molar refractivity (Wildman–Crippen MR) is 143 cm³/mol. The molecule has 0 spiro atoms. The van der Waals surface area contributed by atoms with Crippen molar-refractivity contribution in [3.8, 4) is 22.5 Å². The molecule has 186 valence electrons. The van der Waals surface area contributed by atoms with E-state index < -0.39 is 5.69 Å². The van der Waals surface area contributed by atoms with Gasteiger partial charge in [-0.05, 0) is 39.1 Å². The van der Waals surface area contributed by atoms with E-state index in [1.54, 1.807) is 4.57 Å². The Morgan fingerprint density at radius 1 is 0.919 bits per heavy atom. The number of benzene rings is 3. The number of H-pyrrole nitrogens is 1. The van der Waals surface area contributed by atoms with Gasteiger partial charge in [-0.15, -0.1) is 5.10 Å². The van der Waals surface area contributed by atoms with E-state index in [4.69, 9.17) is 11.6 Å². The molecule has 0 saturated heterocycles. The highest BCUT2D eigenvalue weighted by molar-refractivity contribution is 6.31. The second-order valence-electron chi connectivity index (χ2n) is 8.74. The van der Waals surface area contributed by atoms with E-state index in [1.165, 1.54) is 0 Å². The molecule has 1 N–H and O–H groups in total. The Morgan fingerprint density at radius 2 is 1.62 bits per heavy atom. The first-order valence-electron chi connectivity index (χ1n) is 12.1. The van der Waals surface area contributed by atoms with Gasteiger partial charge in [-0.3, -0.25) is 9.36 Å². The van der Waals surface area contributed by atoms with Crippen LogP contribution in [0.25, 0.3) is 22.5 Å². The van der Waals surface area contributed by atoms with Gasteiger partial charge in [-0.2, -0.15) is 0 Å². The summed E-state index contributed by atoms with van der Waals surface area (Å²) in [5, 5.41) is 14.4. The van der Waals surface area contributed by atoms with Crippen LogP contribution in [0.5, 0.6) is 0 Å². The molecule has 0 radical (unpaired) electrons. The molecular formula is C28H25ClN6O2. The number of aromatic amines is 1. The molecule has 9 heteroatoms. The molecule has 0 bridgehead atoms. The van der Waals surface area contributed by atoms with Crippen molar-refractivity contribution >= 4 is 17.5 Å². The number of nitrogens with zero attached hydrogens (tertiary/aromatic N) is 5. The fourth-order valence-electron chi connectivity index (χ4n) is 4.45. The Bertz CT molecular complexity index is 1570. The lowest BCUT2D eigenvalue weighted by Crippen LogP contribution is -2.30. The van der Waals surface area contributed by atoms with Crippen LogP contribution in [0.2, 0.25) is 5.15 Å². The molecule has 5 aromatic rings. The molecule has 8 nitrogen and oxygen atoms in total. The summed E-state index contributed by atoms with van der Waals surface area (Å²) < 4.78 is 2.72. The minimum atomic E-state index is -0.415. The van der Waals surface area contributed by atoms with Gasteiger partial charge < -0.3 is 0 Å². The third kappa shape index (κ3) is 5.01. The van der Waals surface area contributed by atoms with Gasteiger partial charge in [0.1, 0.15) is 5.15 Å². The Morgan fingerprint density at radius 3 is 2.30 bits per heavy atom. The average Bonchev–Trinajstić information content (AvgIpc) is 3.53. The molecule has 0 unspecified atom stereocenters. The predicted octanol–water partition coefficient (Wildman–Crippen LogP) is 5.03. The Labute approximate surface area is 218 Å². The summed E-state index contributed by atoms with van der Waals surface area (Å²) in [4.78, 5) is 26.4. The Balaban J connectivity index is 1.45. The minimum absolute atomic E-state index is 0.102. The number of carbonyl (C=O) groups is 1. The van der Waals surface area contributed by atoms with Gasteiger partial charge >= 0.3 is 5.69 Å². The van der Waals surface area contributed by atoms with Gasteiger partial charge in [0.25, 0.3) is 0 Å². The summed E-state index contributed by atoms with van der Waals surface area (Å²) in [5.41, 5.74) is 4.87. The van der Waals surface area contributed by atoms with Crippen molar-refractivity contribution in [1.82, 2.24) is 29.8 Å². The SMILES string of the molecule is CCCc1c(Cl)n(C(=O)Cc2ccccc2)c(=O)n1Cc1ccc(-c2ccccc2-c2nnn[nH]2)cc1. The van der Waals surface area contributed by atoms with Crippen LogP contribution >= 0.6 is 11.6 Å². The zero-order valence-electron chi connectivity index (χ0n) is 20.3. The second kappa shape index (κ2) is 10.8. The molecule has 37 heavy (non-hydrogen) atoms. The number of nitrogens with one attached hydrogen (secondary N) is 1. The van der Waals surface area contributed by atoms with Crippen LogP contribution in [-0.2, 0) is 19.4 Å². The van der Waals surface area contributed by atoms with Gasteiger partial charge in [0.05, 0.1) is 18.7 Å². The largest absolute Gasteiger partial charge is 0.336 e. The van der Waals surface area contributed by atoms with Crippen molar-refractivity contribution in [2.45, 2.75) is 32.7 Å². The van der Waals surface area contributed by atoms with Gasteiger partial charge in [0.15, 0.2) is 5.82 Å². The van der Waals surface area contributed by atoms with Crippen LogP contribution in [-0.4, -0.2) is 35.7 Å². The number of hydrogen-bond acceptors (Lipinski definition) is 5. The fourth-order valence-corrected chi connectivity index (χ4v) is 4.81.